The lowest BCUT2D eigenvalue weighted by atomic mass is 9.87. The Morgan fingerprint density at radius 1 is 1.22 bits per heavy atom. The fraction of sp³-hybridized carbons (Fsp3) is 0.545. The lowest BCUT2D eigenvalue weighted by molar-refractivity contribution is -0.118. The molecule has 0 atom stereocenters. The number of carbonyl (C=O) groups is 1. The fourth-order valence-corrected chi connectivity index (χ4v) is 4.53. The summed E-state index contributed by atoms with van der Waals surface area (Å²) in [5, 5.41) is 1.27. The van der Waals surface area contributed by atoms with Crippen LogP contribution < -0.4 is 9.48 Å². The fourth-order valence-electron chi connectivity index (χ4n) is 2.70. The molecule has 2 rings (SSSR count). The molecule has 0 amide bonds. The number of thioether (sulfide) groups is 1. The molecule has 27 heavy (non-hydrogen) atoms. The van der Waals surface area contributed by atoms with E-state index in [4.69, 9.17) is 4.74 Å². The van der Waals surface area contributed by atoms with Crippen LogP contribution in [0.4, 0.5) is 0 Å². The topological polar surface area (TPSA) is 43.4 Å². The van der Waals surface area contributed by atoms with Gasteiger partial charge in [0.1, 0.15) is 5.75 Å². The van der Waals surface area contributed by atoms with Gasteiger partial charge in [0.05, 0.1) is 6.61 Å². The van der Waals surface area contributed by atoms with E-state index in [1.54, 1.807) is 6.07 Å². The van der Waals surface area contributed by atoms with Crippen molar-refractivity contribution in [1.29, 1.82) is 0 Å². The highest BCUT2D eigenvalue weighted by Gasteiger charge is 2.27. The van der Waals surface area contributed by atoms with Crippen LogP contribution in [0.3, 0.4) is 0 Å². The number of hydrogen-bond donors (Lipinski definition) is 0. The van der Waals surface area contributed by atoms with E-state index in [0.717, 1.165) is 41.5 Å². The van der Waals surface area contributed by atoms with Crippen LogP contribution in [0.2, 0.25) is 0 Å². The second kappa shape index (κ2) is 10.3. The third kappa shape index (κ3) is 6.96. The molecule has 0 saturated carbocycles. The number of carbonyl (C=O) groups excluding carboxylic acids is 1. The van der Waals surface area contributed by atoms with Crippen LogP contribution in [0, 0.1) is 11.3 Å². The van der Waals surface area contributed by atoms with Crippen molar-refractivity contribution in [3.05, 3.63) is 39.9 Å². The minimum absolute atomic E-state index is 0.00785. The van der Waals surface area contributed by atoms with E-state index in [9.17, 15) is 9.59 Å². The van der Waals surface area contributed by atoms with Gasteiger partial charge in [-0.1, -0.05) is 69.3 Å². The molecule has 0 unspecified atom stereocenters. The lowest BCUT2D eigenvalue weighted by Gasteiger charge is -2.23. The third-order valence-electron chi connectivity index (χ3n) is 4.54. The summed E-state index contributed by atoms with van der Waals surface area (Å²) in [5.41, 5.74) is -0.250. The molecule has 0 saturated heterocycles. The quantitative estimate of drug-likeness (QED) is 0.444. The van der Waals surface area contributed by atoms with E-state index in [1.807, 2.05) is 24.3 Å². The van der Waals surface area contributed by atoms with Crippen molar-refractivity contribution in [1.82, 2.24) is 0 Å². The minimum atomic E-state index is -0.250. The molecule has 0 bridgehead atoms. The van der Waals surface area contributed by atoms with Crippen LogP contribution in [0.15, 0.2) is 35.1 Å². The Morgan fingerprint density at radius 3 is 2.70 bits per heavy atom. The summed E-state index contributed by atoms with van der Waals surface area (Å²) in [6.07, 6.45) is 3.82. The molecule has 5 heteroatoms. The maximum absolute atomic E-state index is 12.4. The van der Waals surface area contributed by atoms with Crippen LogP contribution in [0.5, 0.6) is 5.75 Å². The van der Waals surface area contributed by atoms with Crippen molar-refractivity contribution in [2.75, 3.05) is 12.4 Å². The molecule has 0 aliphatic carbocycles. The Morgan fingerprint density at radius 2 is 1.96 bits per heavy atom. The second-order valence-electron chi connectivity index (χ2n) is 7.93. The number of fused-ring (bicyclic) bond motifs is 1. The van der Waals surface area contributed by atoms with Gasteiger partial charge in [0.15, 0.2) is 5.12 Å². The van der Waals surface area contributed by atoms with Crippen molar-refractivity contribution in [2.45, 2.75) is 53.4 Å². The molecule has 148 valence electrons. The second-order valence-corrected chi connectivity index (χ2v) is 10.0. The molecule has 0 fully saturated rings. The zero-order valence-corrected chi connectivity index (χ0v) is 18.4. The smallest absolute Gasteiger partial charge is 0.236 e. The minimum Gasteiger partial charge on any atom is -0.493 e. The predicted octanol–water partition coefficient (Wildman–Crippen LogP) is 6.14. The lowest BCUT2D eigenvalue weighted by Crippen LogP contribution is -2.22. The maximum atomic E-state index is 12.4. The summed E-state index contributed by atoms with van der Waals surface area (Å²) in [6.45, 7) is 9.05. The Labute approximate surface area is 170 Å². The van der Waals surface area contributed by atoms with Gasteiger partial charge in [0, 0.05) is 27.3 Å². The molecule has 0 N–H and O–H groups in total. The molecule has 1 aromatic carbocycles. The van der Waals surface area contributed by atoms with Crippen molar-refractivity contribution in [2.24, 2.45) is 11.3 Å². The Kier molecular flexibility index (Phi) is 8.36. The van der Waals surface area contributed by atoms with Crippen LogP contribution in [-0.2, 0) is 4.79 Å². The van der Waals surface area contributed by atoms with Gasteiger partial charge in [-0.3, -0.25) is 9.59 Å². The van der Waals surface area contributed by atoms with Crippen molar-refractivity contribution in [3.63, 3.8) is 0 Å². The molecule has 3 nitrogen and oxygen atoms in total. The van der Waals surface area contributed by atoms with Crippen molar-refractivity contribution in [3.8, 4) is 5.75 Å². The van der Waals surface area contributed by atoms with Gasteiger partial charge in [0.25, 0.3) is 0 Å². The molecule has 1 aromatic heterocycles. The van der Waals surface area contributed by atoms with E-state index in [2.05, 4.69) is 27.7 Å². The van der Waals surface area contributed by atoms with Crippen LogP contribution in [-0.4, -0.2) is 17.5 Å². The zero-order chi connectivity index (χ0) is 19.9. The molecule has 2 aromatic rings. The number of unbranched alkanes of at least 4 members (excludes halogenated alkanes) is 1. The van der Waals surface area contributed by atoms with E-state index >= 15 is 0 Å². The first kappa shape index (κ1) is 22.0. The standard InChI is InChI=1S/C22H30O3S2/c1-16(2)11-12-22(3,4)21(24)26-14-8-7-13-25-18-15-20(23)27-19-10-6-5-9-17(18)19/h5-6,9-10,15-16H,7-8,11-14H2,1-4H3. The monoisotopic (exact) mass is 406 g/mol. The molecule has 0 radical (unpaired) electrons. The summed E-state index contributed by atoms with van der Waals surface area (Å²) in [4.78, 5) is 24.2. The van der Waals surface area contributed by atoms with Gasteiger partial charge >= 0.3 is 0 Å². The SMILES string of the molecule is CC(C)CCC(C)(C)C(=O)SCCCCOc1cc(=O)sc2ccccc12. The Bertz CT molecular complexity index is 809. The van der Waals surface area contributed by atoms with E-state index in [1.165, 1.54) is 23.1 Å². The highest BCUT2D eigenvalue weighted by molar-refractivity contribution is 8.13. The number of ether oxygens (including phenoxy) is 1. The van der Waals surface area contributed by atoms with Gasteiger partial charge in [-0.05, 0) is 37.3 Å². The number of rotatable bonds is 10. The van der Waals surface area contributed by atoms with Crippen LogP contribution in [0.25, 0.3) is 10.1 Å². The molecule has 0 aliphatic heterocycles. The van der Waals surface area contributed by atoms with Gasteiger partial charge in [-0.15, -0.1) is 0 Å². The molecule has 0 spiro atoms. The number of hydrogen-bond acceptors (Lipinski definition) is 5. The first-order valence-corrected chi connectivity index (χ1v) is 11.4. The summed E-state index contributed by atoms with van der Waals surface area (Å²) >= 11 is 2.68. The van der Waals surface area contributed by atoms with Gasteiger partial charge < -0.3 is 4.74 Å². The molecular formula is C22H30O3S2. The number of benzene rings is 1. The maximum Gasteiger partial charge on any atom is 0.236 e. The molecule has 1 heterocycles. The molecule has 0 aliphatic rings. The highest BCUT2D eigenvalue weighted by atomic mass is 32.2. The van der Waals surface area contributed by atoms with Crippen molar-refractivity contribution >= 4 is 38.3 Å². The summed E-state index contributed by atoms with van der Waals surface area (Å²) < 4.78 is 6.81. The summed E-state index contributed by atoms with van der Waals surface area (Å²) in [5.74, 6) is 2.11. The van der Waals surface area contributed by atoms with Crippen LogP contribution >= 0.6 is 23.1 Å². The molecular weight excluding hydrogens is 376 g/mol. The summed E-state index contributed by atoms with van der Waals surface area (Å²) in [6, 6.07) is 9.38. The first-order valence-electron chi connectivity index (χ1n) is 9.62. The van der Waals surface area contributed by atoms with Gasteiger partial charge in [-0.25, -0.2) is 0 Å². The van der Waals surface area contributed by atoms with E-state index in [0.29, 0.717) is 18.3 Å². The average Bonchev–Trinajstić information content (AvgIpc) is 2.62. The Hall–Kier alpha value is -1.33. The zero-order valence-electron chi connectivity index (χ0n) is 16.7. The predicted molar refractivity (Wildman–Crippen MR) is 118 cm³/mol. The highest BCUT2D eigenvalue weighted by Crippen LogP contribution is 2.31. The average molecular weight is 407 g/mol. The van der Waals surface area contributed by atoms with Crippen LogP contribution in [0.1, 0.15) is 53.4 Å². The van der Waals surface area contributed by atoms with Crippen molar-refractivity contribution < 1.29 is 9.53 Å². The third-order valence-corrected chi connectivity index (χ3v) is 6.74. The largest absolute Gasteiger partial charge is 0.493 e. The van der Waals surface area contributed by atoms with E-state index in [-0.39, 0.29) is 15.3 Å². The van der Waals surface area contributed by atoms with Gasteiger partial charge in [-0.2, -0.15) is 0 Å². The van der Waals surface area contributed by atoms with Gasteiger partial charge in [0.2, 0.25) is 4.74 Å². The summed E-state index contributed by atoms with van der Waals surface area (Å²) in [7, 11) is 0. The first-order chi connectivity index (χ1) is 12.8. The van der Waals surface area contributed by atoms with E-state index < -0.39 is 0 Å². The normalized spacial score (nSPS) is 11.9. The Balaban J connectivity index is 1.74.